The Balaban J connectivity index is 0.00000158. The van der Waals surface area contributed by atoms with E-state index in [2.05, 4.69) is 29.6 Å². The monoisotopic (exact) mass is 502 g/mol. The van der Waals surface area contributed by atoms with E-state index in [0.717, 1.165) is 27.1 Å². The van der Waals surface area contributed by atoms with E-state index in [0.29, 0.717) is 33.8 Å². The lowest BCUT2D eigenvalue weighted by Gasteiger charge is -2.13. The van der Waals surface area contributed by atoms with Crippen molar-refractivity contribution in [1.82, 2.24) is 24.9 Å². The van der Waals surface area contributed by atoms with Crippen LogP contribution in [0.4, 0.5) is 10.3 Å². The Morgan fingerprint density at radius 1 is 1.12 bits per heavy atom. The van der Waals surface area contributed by atoms with Crippen LogP contribution in [-0.4, -0.2) is 37.7 Å². The largest absolute Gasteiger partial charge is 0.487 e. The molecule has 0 fully saturated rings. The number of nitrogens with zero attached hydrogens (tertiary/aromatic N) is 4. The van der Waals surface area contributed by atoms with E-state index >= 15 is 0 Å². The number of hydrogen-bond acceptors (Lipinski definition) is 7. The van der Waals surface area contributed by atoms with Crippen molar-refractivity contribution in [1.29, 1.82) is 0 Å². The predicted molar refractivity (Wildman–Crippen MR) is 137 cm³/mol. The molecular weight excluding hydrogens is 475 g/mol. The van der Waals surface area contributed by atoms with Crippen LogP contribution in [0.3, 0.4) is 0 Å². The Morgan fingerprint density at radius 3 is 2.44 bits per heavy atom. The topological polar surface area (TPSA) is 88.6 Å². The molecule has 4 rings (SSSR count). The molecule has 0 bridgehead atoms. The van der Waals surface area contributed by atoms with Gasteiger partial charge in [0.05, 0.1) is 44.4 Å². The molecule has 3 aromatic heterocycles. The van der Waals surface area contributed by atoms with Gasteiger partial charge in [-0.05, 0) is 45.7 Å². The molecule has 1 unspecified atom stereocenters. The Labute approximate surface area is 208 Å². The molecule has 0 aliphatic heterocycles. The number of aromatic nitrogens is 5. The zero-order valence-electron chi connectivity index (χ0n) is 20.0. The van der Waals surface area contributed by atoms with Gasteiger partial charge in [-0.1, -0.05) is 31.5 Å². The fraction of sp³-hybridized carbons (Fsp3) is 0.333. The summed E-state index contributed by atoms with van der Waals surface area (Å²) in [6, 6.07) is 3.80. The number of hydrogen-bond donors (Lipinski definition) is 2. The van der Waals surface area contributed by atoms with Crippen molar-refractivity contribution in [2.75, 3.05) is 11.3 Å². The number of benzene rings is 1. The van der Waals surface area contributed by atoms with Gasteiger partial charge in [-0.2, -0.15) is 0 Å². The van der Waals surface area contributed by atoms with E-state index < -0.39 is 6.17 Å². The summed E-state index contributed by atoms with van der Waals surface area (Å²) < 4.78 is 21.8. The molecule has 0 aliphatic carbocycles. The third-order valence-corrected chi connectivity index (χ3v) is 5.88. The Kier molecular flexibility index (Phi) is 8.68. The molecule has 34 heavy (non-hydrogen) atoms. The van der Waals surface area contributed by atoms with Crippen molar-refractivity contribution in [3.05, 3.63) is 52.8 Å². The number of anilines is 1. The van der Waals surface area contributed by atoms with Crippen LogP contribution in [0.2, 0.25) is 5.02 Å². The minimum Gasteiger partial charge on any atom is -0.487 e. The second-order valence-electron chi connectivity index (χ2n) is 7.38. The minimum atomic E-state index is -1.06. The first kappa shape index (κ1) is 25.7. The molecular formula is C24H28ClFN6OS. The molecule has 1 atom stereocenters. The molecule has 7 nitrogen and oxygen atoms in total. The van der Waals surface area contributed by atoms with E-state index in [1.807, 2.05) is 52.9 Å². The summed E-state index contributed by atoms with van der Waals surface area (Å²) in [7, 11) is 0. The molecule has 0 amide bonds. The van der Waals surface area contributed by atoms with Gasteiger partial charge >= 0.3 is 0 Å². The maximum atomic E-state index is 13.1. The van der Waals surface area contributed by atoms with Gasteiger partial charge in [0.25, 0.3) is 0 Å². The molecule has 0 saturated carbocycles. The Bertz CT molecular complexity index is 1240. The van der Waals surface area contributed by atoms with Crippen molar-refractivity contribution in [3.8, 4) is 17.0 Å². The molecule has 1 aromatic carbocycles. The number of fused-ring (bicyclic) bond motifs is 1. The van der Waals surface area contributed by atoms with Crippen LogP contribution in [-0.2, 0) is 0 Å². The van der Waals surface area contributed by atoms with Crippen LogP contribution in [0.1, 0.15) is 37.9 Å². The fourth-order valence-corrected chi connectivity index (χ4v) is 4.21. The zero-order valence-corrected chi connectivity index (χ0v) is 21.6. The van der Waals surface area contributed by atoms with E-state index in [9.17, 15) is 4.39 Å². The highest BCUT2D eigenvalue weighted by atomic mass is 35.5. The van der Waals surface area contributed by atoms with Gasteiger partial charge in [0.1, 0.15) is 12.8 Å². The van der Waals surface area contributed by atoms with Crippen molar-refractivity contribution in [3.63, 3.8) is 0 Å². The van der Waals surface area contributed by atoms with Gasteiger partial charge in [-0.25, -0.2) is 14.4 Å². The number of aromatic amines is 1. The molecule has 2 N–H and O–H groups in total. The average Bonchev–Trinajstić information content (AvgIpc) is 3.22. The predicted octanol–water partition coefficient (Wildman–Crippen LogP) is 6.88. The molecule has 10 heteroatoms. The van der Waals surface area contributed by atoms with Crippen LogP contribution in [0, 0.1) is 20.8 Å². The van der Waals surface area contributed by atoms with Crippen molar-refractivity contribution < 1.29 is 9.13 Å². The lowest BCUT2D eigenvalue weighted by molar-refractivity contribution is 0.206. The second kappa shape index (κ2) is 11.5. The van der Waals surface area contributed by atoms with E-state index in [1.54, 1.807) is 12.4 Å². The number of rotatable bonds is 7. The minimum absolute atomic E-state index is 0.0296. The smallest absolute Gasteiger partial charge is 0.233 e. The molecule has 0 spiro atoms. The first-order valence-electron chi connectivity index (χ1n) is 11.0. The summed E-state index contributed by atoms with van der Waals surface area (Å²) >= 11 is 7.87. The van der Waals surface area contributed by atoms with Crippen LogP contribution >= 0.6 is 23.5 Å². The summed E-state index contributed by atoms with van der Waals surface area (Å²) in [6.45, 7) is 10.9. The van der Waals surface area contributed by atoms with Gasteiger partial charge in [-0.3, -0.25) is 14.7 Å². The number of ether oxygens (including phenoxy) is 1. The zero-order chi connectivity index (χ0) is 24.8. The fourth-order valence-electron chi connectivity index (χ4n) is 3.26. The molecule has 0 saturated heterocycles. The highest BCUT2D eigenvalue weighted by molar-refractivity contribution is 8.00. The van der Waals surface area contributed by atoms with Crippen molar-refractivity contribution in [2.45, 2.75) is 52.6 Å². The van der Waals surface area contributed by atoms with Gasteiger partial charge in [-0.15, -0.1) is 0 Å². The first-order chi connectivity index (χ1) is 16.3. The summed E-state index contributed by atoms with van der Waals surface area (Å²) in [4.78, 5) is 21.9. The average molecular weight is 503 g/mol. The van der Waals surface area contributed by atoms with E-state index in [-0.39, 0.29) is 6.61 Å². The Morgan fingerprint density at radius 2 is 1.82 bits per heavy atom. The summed E-state index contributed by atoms with van der Waals surface area (Å²) in [5.74, 6) is 0.953. The second-order valence-corrected chi connectivity index (χ2v) is 8.64. The molecule has 0 aliphatic rings. The van der Waals surface area contributed by atoms with Crippen LogP contribution in [0.15, 0.2) is 35.6 Å². The third-order valence-electron chi connectivity index (χ3n) is 4.72. The van der Waals surface area contributed by atoms with Gasteiger partial charge in [0.15, 0.2) is 5.75 Å². The highest BCUT2D eigenvalue weighted by Gasteiger charge is 2.16. The lowest BCUT2D eigenvalue weighted by atomic mass is 10.1. The number of aryl methyl sites for hydroxylation is 3. The number of H-pyrrole nitrogens is 1. The standard InChI is InChI=1S/C22H22ClFN6OS.C2H6/c1-11(24)10-31-21-13(3)28-22(29-14(21)4)30-32-18-9-27-20-15(18)5-6-16(23)19(20)17-8-25-12(2)7-26-17;1-2/h5-9,11,27H,10H2,1-4H3,(H,28,29,30);1-2H3. The normalized spacial score (nSPS) is 11.6. The van der Waals surface area contributed by atoms with Crippen LogP contribution in [0.25, 0.3) is 22.2 Å². The number of nitrogens with one attached hydrogen (secondary N) is 2. The Hall–Kier alpha value is -2.91. The maximum Gasteiger partial charge on any atom is 0.233 e. The summed E-state index contributed by atoms with van der Waals surface area (Å²) in [5, 5.41) is 1.57. The summed E-state index contributed by atoms with van der Waals surface area (Å²) in [6.07, 6.45) is 4.26. The SMILES string of the molecule is CC.Cc1cnc(-c2c(Cl)ccc3c(SNc4nc(C)c(OCC(C)F)c(C)n4)c[nH]c23)cn1. The molecule has 180 valence electrons. The van der Waals surface area contributed by atoms with Gasteiger partial charge < -0.3 is 9.72 Å². The van der Waals surface area contributed by atoms with Gasteiger partial charge in [0, 0.05) is 23.3 Å². The highest BCUT2D eigenvalue weighted by Crippen LogP contribution is 2.37. The number of halogens is 2. The summed E-state index contributed by atoms with van der Waals surface area (Å²) in [5.41, 5.74) is 4.50. The van der Waals surface area contributed by atoms with Crippen LogP contribution in [0.5, 0.6) is 5.75 Å². The quantitative estimate of drug-likeness (QED) is 0.266. The molecule has 0 radical (unpaired) electrons. The lowest BCUT2D eigenvalue weighted by Crippen LogP contribution is -2.11. The van der Waals surface area contributed by atoms with Crippen LogP contribution < -0.4 is 9.46 Å². The molecule has 3 heterocycles. The third kappa shape index (κ3) is 5.77. The van der Waals surface area contributed by atoms with Crippen molar-refractivity contribution in [2.24, 2.45) is 0 Å². The van der Waals surface area contributed by atoms with Crippen molar-refractivity contribution >= 4 is 40.4 Å². The van der Waals surface area contributed by atoms with E-state index in [4.69, 9.17) is 16.3 Å². The first-order valence-corrected chi connectivity index (χ1v) is 12.2. The molecule has 4 aromatic rings. The van der Waals surface area contributed by atoms with Gasteiger partial charge in [0.2, 0.25) is 5.95 Å². The van der Waals surface area contributed by atoms with E-state index in [1.165, 1.54) is 18.9 Å². The maximum absolute atomic E-state index is 13.1. The number of alkyl halides is 1.